The van der Waals surface area contributed by atoms with Gasteiger partial charge in [-0.15, -0.1) is 0 Å². The average Bonchev–Trinajstić information content (AvgIpc) is 2.36. The van der Waals surface area contributed by atoms with Crippen LogP contribution in [0.3, 0.4) is 0 Å². The van der Waals surface area contributed by atoms with Crippen LogP contribution in [0.15, 0.2) is 0 Å². The van der Waals surface area contributed by atoms with Crippen LogP contribution in [0.25, 0.3) is 0 Å². The van der Waals surface area contributed by atoms with Crippen LogP contribution in [0.5, 0.6) is 0 Å². The lowest BCUT2D eigenvalue weighted by atomic mass is 9.84. The van der Waals surface area contributed by atoms with Gasteiger partial charge in [0.05, 0.1) is 0 Å². The Kier molecular flexibility index (Phi) is 7.50. The number of hydrogen-bond donors (Lipinski definition) is 2. The molecule has 1 amide bonds. The van der Waals surface area contributed by atoms with E-state index in [4.69, 9.17) is 4.74 Å². The van der Waals surface area contributed by atoms with Gasteiger partial charge in [-0.3, -0.25) is 0 Å². The van der Waals surface area contributed by atoms with Crippen molar-refractivity contribution in [2.45, 2.75) is 90.8 Å². The number of nitrogens with one attached hydrogen (secondary N) is 2. The predicted octanol–water partition coefficient (Wildman–Crippen LogP) is 3.85. The highest BCUT2D eigenvalue weighted by Gasteiger charge is 2.21. The van der Waals surface area contributed by atoms with Gasteiger partial charge in [-0.25, -0.2) is 4.79 Å². The van der Waals surface area contributed by atoms with E-state index >= 15 is 0 Å². The molecule has 0 aromatic heterocycles. The summed E-state index contributed by atoms with van der Waals surface area (Å²) in [6.07, 6.45) is 7.27. The lowest BCUT2D eigenvalue weighted by Gasteiger charge is -2.29. The Morgan fingerprint density at radius 2 is 2.05 bits per heavy atom. The zero-order chi connectivity index (χ0) is 15.9. The summed E-state index contributed by atoms with van der Waals surface area (Å²) in [6, 6.07) is 0.801. The van der Waals surface area contributed by atoms with Crippen LogP contribution in [-0.4, -0.2) is 30.3 Å². The second-order valence-electron chi connectivity index (χ2n) is 7.43. The summed E-state index contributed by atoms with van der Waals surface area (Å²) in [7, 11) is 0. The van der Waals surface area contributed by atoms with E-state index in [1.165, 1.54) is 32.1 Å². The van der Waals surface area contributed by atoms with Gasteiger partial charge in [-0.05, 0) is 59.4 Å². The van der Waals surface area contributed by atoms with Gasteiger partial charge >= 0.3 is 6.09 Å². The summed E-state index contributed by atoms with van der Waals surface area (Å²) >= 11 is 0. The lowest BCUT2D eigenvalue weighted by molar-refractivity contribution is 0.0506. The maximum Gasteiger partial charge on any atom is 0.407 e. The topological polar surface area (TPSA) is 50.4 Å². The molecular weight excluding hydrogens is 264 g/mol. The van der Waals surface area contributed by atoms with Crippen LogP contribution in [0.2, 0.25) is 0 Å². The molecule has 1 rings (SSSR count). The van der Waals surface area contributed by atoms with Crippen molar-refractivity contribution in [3.8, 4) is 0 Å². The third-order valence-corrected chi connectivity index (χ3v) is 4.13. The first-order valence-electron chi connectivity index (χ1n) is 8.53. The maximum absolute atomic E-state index is 11.7. The number of alkyl carbamates (subject to hydrolysis) is 1. The van der Waals surface area contributed by atoms with Crippen LogP contribution in [0.4, 0.5) is 4.79 Å². The molecule has 21 heavy (non-hydrogen) atoms. The highest BCUT2D eigenvalue weighted by atomic mass is 16.6. The zero-order valence-corrected chi connectivity index (χ0v) is 14.5. The van der Waals surface area contributed by atoms with Crippen molar-refractivity contribution >= 4 is 6.09 Å². The highest BCUT2D eigenvalue weighted by Crippen LogP contribution is 2.26. The molecule has 1 fully saturated rings. The van der Waals surface area contributed by atoms with Crippen molar-refractivity contribution in [1.29, 1.82) is 0 Å². The Hall–Kier alpha value is -0.770. The van der Waals surface area contributed by atoms with Crippen LogP contribution in [-0.2, 0) is 4.74 Å². The van der Waals surface area contributed by atoms with Crippen molar-refractivity contribution in [3.05, 3.63) is 0 Å². The molecule has 1 saturated carbocycles. The maximum atomic E-state index is 11.7. The van der Waals surface area contributed by atoms with Gasteiger partial charge in [-0.1, -0.05) is 26.2 Å². The monoisotopic (exact) mass is 298 g/mol. The summed E-state index contributed by atoms with van der Waals surface area (Å²) in [4.78, 5) is 11.7. The summed E-state index contributed by atoms with van der Waals surface area (Å²) in [6.45, 7) is 10.9. The quantitative estimate of drug-likeness (QED) is 0.783. The fourth-order valence-electron chi connectivity index (χ4n) is 2.93. The van der Waals surface area contributed by atoms with Gasteiger partial charge in [-0.2, -0.15) is 0 Å². The van der Waals surface area contributed by atoms with Crippen molar-refractivity contribution in [3.63, 3.8) is 0 Å². The van der Waals surface area contributed by atoms with E-state index in [0.29, 0.717) is 6.04 Å². The number of rotatable bonds is 6. The number of hydrogen-bond acceptors (Lipinski definition) is 3. The first kappa shape index (κ1) is 18.3. The minimum Gasteiger partial charge on any atom is -0.444 e. The molecule has 0 spiro atoms. The van der Waals surface area contributed by atoms with Crippen molar-refractivity contribution in [2.75, 3.05) is 6.54 Å². The van der Waals surface area contributed by atoms with Crippen molar-refractivity contribution < 1.29 is 9.53 Å². The molecule has 1 aliphatic rings. The second kappa shape index (κ2) is 8.62. The standard InChI is InChI=1S/C17H34N2O2/c1-6-14-8-7-9-15(12-14)18-11-10-13(2)19-16(20)21-17(3,4)5/h13-15,18H,6-12H2,1-5H3,(H,19,20). The van der Waals surface area contributed by atoms with Gasteiger partial charge in [0.15, 0.2) is 0 Å². The Bertz CT molecular complexity index is 312. The summed E-state index contributed by atoms with van der Waals surface area (Å²) in [5, 5.41) is 6.54. The van der Waals surface area contributed by atoms with Crippen LogP contribution in [0.1, 0.15) is 73.1 Å². The SMILES string of the molecule is CCC1CCCC(NCCC(C)NC(=O)OC(C)(C)C)C1. The minimum atomic E-state index is -0.431. The minimum absolute atomic E-state index is 0.137. The molecule has 0 aromatic carbocycles. The van der Waals surface area contributed by atoms with E-state index < -0.39 is 5.60 Å². The van der Waals surface area contributed by atoms with Crippen LogP contribution < -0.4 is 10.6 Å². The van der Waals surface area contributed by atoms with E-state index in [0.717, 1.165) is 18.9 Å². The Morgan fingerprint density at radius 1 is 1.33 bits per heavy atom. The van der Waals surface area contributed by atoms with E-state index in [1.807, 2.05) is 27.7 Å². The van der Waals surface area contributed by atoms with Gasteiger partial charge < -0.3 is 15.4 Å². The van der Waals surface area contributed by atoms with E-state index in [9.17, 15) is 4.79 Å². The number of carbonyl (C=O) groups is 1. The molecule has 124 valence electrons. The molecule has 0 heterocycles. The molecule has 0 saturated heterocycles. The molecule has 0 radical (unpaired) electrons. The average molecular weight is 298 g/mol. The number of carbonyl (C=O) groups excluding carboxylic acids is 1. The third-order valence-electron chi connectivity index (χ3n) is 4.13. The molecular formula is C17H34N2O2. The fraction of sp³-hybridized carbons (Fsp3) is 0.941. The normalized spacial score (nSPS) is 24.4. The highest BCUT2D eigenvalue weighted by molar-refractivity contribution is 5.67. The van der Waals surface area contributed by atoms with E-state index in [-0.39, 0.29) is 12.1 Å². The molecule has 1 aliphatic carbocycles. The third kappa shape index (κ3) is 8.30. The largest absolute Gasteiger partial charge is 0.444 e. The Labute approximate surface area is 130 Å². The fourth-order valence-corrected chi connectivity index (χ4v) is 2.93. The summed E-state index contributed by atoms with van der Waals surface area (Å²) in [5.74, 6) is 0.897. The molecule has 4 nitrogen and oxygen atoms in total. The first-order valence-corrected chi connectivity index (χ1v) is 8.53. The summed E-state index contributed by atoms with van der Waals surface area (Å²) < 4.78 is 5.26. The van der Waals surface area contributed by atoms with E-state index in [1.54, 1.807) is 0 Å². The molecule has 2 N–H and O–H groups in total. The zero-order valence-electron chi connectivity index (χ0n) is 14.5. The van der Waals surface area contributed by atoms with Crippen LogP contribution in [0, 0.1) is 5.92 Å². The Balaban J connectivity index is 2.15. The van der Waals surface area contributed by atoms with Gasteiger partial charge in [0.25, 0.3) is 0 Å². The lowest BCUT2D eigenvalue weighted by Crippen LogP contribution is -2.40. The summed E-state index contributed by atoms with van der Waals surface area (Å²) in [5.41, 5.74) is -0.431. The smallest absolute Gasteiger partial charge is 0.407 e. The van der Waals surface area contributed by atoms with Gasteiger partial charge in [0.2, 0.25) is 0 Å². The Morgan fingerprint density at radius 3 is 2.67 bits per heavy atom. The van der Waals surface area contributed by atoms with Crippen molar-refractivity contribution in [2.24, 2.45) is 5.92 Å². The predicted molar refractivity (Wildman–Crippen MR) is 87.5 cm³/mol. The molecule has 4 heteroatoms. The number of ether oxygens (including phenoxy) is 1. The molecule has 3 atom stereocenters. The number of amides is 1. The molecule has 0 bridgehead atoms. The molecule has 0 aliphatic heterocycles. The molecule has 3 unspecified atom stereocenters. The van der Waals surface area contributed by atoms with Gasteiger partial charge in [0.1, 0.15) is 5.60 Å². The van der Waals surface area contributed by atoms with Crippen molar-refractivity contribution in [1.82, 2.24) is 10.6 Å². The molecule has 0 aromatic rings. The van der Waals surface area contributed by atoms with Crippen LogP contribution >= 0.6 is 0 Å². The van der Waals surface area contributed by atoms with Gasteiger partial charge in [0, 0.05) is 12.1 Å². The first-order chi connectivity index (χ1) is 9.80. The van der Waals surface area contributed by atoms with E-state index in [2.05, 4.69) is 17.6 Å². The second-order valence-corrected chi connectivity index (χ2v) is 7.43.